The number of hydrogen-bond donors (Lipinski definition) is 1. The molecule has 1 aromatic carbocycles. The Kier molecular flexibility index (Phi) is 5.24. The van der Waals surface area contributed by atoms with Crippen molar-refractivity contribution in [2.75, 3.05) is 0 Å². The van der Waals surface area contributed by atoms with Crippen molar-refractivity contribution in [3.05, 3.63) is 29.8 Å². The number of rotatable bonds is 3. The average Bonchev–Trinajstić information content (AvgIpc) is 2.66. The summed E-state index contributed by atoms with van der Waals surface area (Å²) in [5.41, 5.74) is 0.509. The Morgan fingerprint density at radius 2 is 1.60 bits per heavy atom. The molecule has 1 aliphatic heterocycles. The Hall–Kier alpha value is -1.57. The number of carbonyl (C=O) groups excluding carboxylic acids is 1. The molecule has 2 rings (SSSR count). The largest absolute Gasteiger partial charge is 0.494 e. The molecular weight excluding hydrogens is 319 g/mol. The molecule has 0 aromatic heterocycles. The van der Waals surface area contributed by atoms with E-state index in [2.05, 4.69) is 0 Å². The van der Waals surface area contributed by atoms with E-state index in [1.807, 2.05) is 52.0 Å². The van der Waals surface area contributed by atoms with E-state index in [0.717, 1.165) is 16.0 Å². The number of ether oxygens (including phenoxy) is 1. The molecular formula is C18H29BN2O4. The van der Waals surface area contributed by atoms with Crippen molar-refractivity contribution < 1.29 is 18.8 Å². The minimum atomic E-state index is -0.574. The van der Waals surface area contributed by atoms with Crippen LogP contribution in [0.2, 0.25) is 0 Å². The molecule has 138 valence electrons. The first-order valence-corrected chi connectivity index (χ1v) is 8.50. The Labute approximate surface area is 150 Å². The van der Waals surface area contributed by atoms with E-state index < -0.39 is 18.8 Å². The lowest BCUT2D eigenvalue weighted by atomic mass is 9.79. The fraction of sp³-hybridized carbons (Fsp3) is 0.611. The number of benzene rings is 1. The molecule has 6 nitrogen and oxygen atoms in total. The molecule has 7 heteroatoms. The lowest BCUT2D eigenvalue weighted by Gasteiger charge is -2.32. The summed E-state index contributed by atoms with van der Waals surface area (Å²) in [7, 11) is -0.404. The number of hydrazine groups is 1. The summed E-state index contributed by atoms with van der Waals surface area (Å²) in [6.45, 7) is 13.8. The molecule has 0 spiro atoms. The van der Waals surface area contributed by atoms with E-state index in [9.17, 15) is 4.79 Å². The van der Waals surface area contributed by atoms with Crippen LogP contribution in [-0.4, -0.2) is 35.0 Å². The summed E-state index contributed by atoms with van der Waals surface area (Å²) >= 11 is 0. The van der Waals surface area contributed by atoms with Crippen molar-refractivity contribution in [1.29, 1.82) is 0 Å². The van der Waals surface area contributed by atoms with Crippen molar-refractivity contribution in [2.24, 2.45) is 5.84 Å². The predicted molar refractivity (Wildman–Crippen MR) is 98.1 cm³/mol. The van der Waals surface area contributed by atoms with Gasteiger partial charge in [-0.15, -0.1) is 0 Å². The highest BCUT2D eigenvalue weighted by Crippen LogP contribution is 2.36. The Morgan fingerprint density at radius 3 is 2.04 bits per heavy atom. The third kappa shape index (κ3) is 4.74. The topological polar surface area (TPSA) is 74.0 Å². The van der Waals surface area contributed by atoms with E-state index in [0.29, 0.717) is 0 Å². The molecule has 1 amide bonds. The normalized spacial score (nSPS) is 19.0. The number of nitrogens with two attached hydrogens (primary N) is 1. The molecule has 0 bridgehead atoms. The highest BCUT2D eigenvalue weighted by molar-refractivity contribution is 6.62. The van der Waals surface area contributed by atoms with Gasteiger partial charge in [-0.3, -0.25) is 0 Å². The Bertz CT molecular complexity index is 607. The lowest BCUT2D eigenvalue weighted by molar-refractivity contribution is 0.00578. The number of amides is 1. The van der Waals surface area contributed by atoms with Crippen LogP contribution >= 0.6 is 0 Å². The third-order valence-corrected chi connectivity index (χ3v) is 4.49. The van der Waals surface area contributed by atoms with Gasteiger partial charge in [-0.05, 0) is 59.5 Å². The Morgan fingerprint density at radius 1 is 1.12 bits per heavy atom. The maximum absolute atomic E-state index is 11.9. The van der Waals surface area contributed by atoms with Crippen molar-refractivity contribution in [2.45, 2.75) is 71.8 Å². The van der Waals surface area contributed by atoms with E-state index >= 15 is 0 Å². The molecule has 0 atom stereocenters. The minimum Gasteiger partial charge on any atom is -0.443 e. The van der Waals surface area contributed by atoms with Crippen molar-refractivity contribution in [3.8, 4) is 0 Å². The maximum atomic E-state index is 11.9. The van der Waals surface area contributed by atoms with Gasteiger partial charge in [0.25, 0.3) is 0 Å². The zero-order valence-corrected chi connectivity index (χ0v) is 16.3. The van der Waals surface area contributed by atoms with E-state index in [-0.39, 0.29) is 17.7 Å². The van der Waals surface area contributed by atoms with Crippen LogP contribution in [-0.2, 0) is 20.6 Å². The summed E-state index contributed by atoms with van der Waals surface area (Å²) < 4.78 is 17.3. The van der Waals surface area contributed by atoms with Gasteiger partial charge in [-0.2, -0.15) is 0 Å². The molecule has 1 saturated heterocycles. The molecule has 1 heterocycles. The number of hydrogen-bond acceptors (Lipinski definition) is 5. The zero-order valence-electron chi connectivity index (χ0n) is 16.3. The fourth-order valence-corrected chi connectivity index (χ4v) is 2.34. The molecule has 2 N–H and O–H groups in total. The van der Waals surface area contributed by atoms with Crippen LogP contribution in [0.5, 0.6) is 0 Å². The smallest absolute Gasteiger partial charge is 0.443 e. The standard InChI is InChI=1S/C18H29BN2O4/c1-16(2,3)23-15(22)21(20)12-13-8-10-14(11-9-13)19-24-17(4,5)18(6,7)25-19/h8-11H,12,20H2,1-7H3. The van der Waals surface area contributed by atoms with Crippen molar-refractivity contribution >= 4 is 18.7 Å². The van der Waals surface area contributed by atoms with Crippen molar-refractivity contribution in [1.82, 2.24) is 5.01 Å². The van der Waals surface area contributed by atoms with Gasteiger partial charge in [-0.25, -0.2) is 15.6 Å². The maximum Gasteiger partial charge on any atom is 0.494 e. The van der Waals surface area contributed by atoms with Crippen LogP contribution in [0, 0.1) is 0 Å². The third-order valence-electron chi connectivity index (χ3n) is 4.49. The highest BCUT2D eigenvalue weighted by Gasteiger charge is 2.51. The van der Waals surface area contributed by atoms with E-state index in [1.165, 1.54) is 0 Å². The van der Waals surface area contributed by atoms with Gasteiger partial charge in [0, 0.05) is 0 Å². The van der Waals surface area contributed by atoms with Gasteiger partial charge in [-0.1, -0.05) is 24.3 Å². The van der Waals surface area contributed by atoms with E-state index in [1.54, 1.807) is 20.8 Å². The molecule has 1 aliphatic rings. The minimum absolute atomic E-state index is 0.262. The second kappa shape index (κ2) is 6.63. The fourth-order valence-electron chi connectivity index (χ4n) is 2.34. The summed E-state index contributed by atoms with van der Waals surface area (Å²) in [6, 6.07) is 7.68. The van der Waals surface area contributed by atoms with Gasteiger partial charge in [0.1, 0.15) is 5.60 Å². The summed E-state index contributed by atoms with van der Waals surface area (Å²) in [5, 5.41) is 1.06. The lowest BCUT2D eigenvalue weighted by Crippen LogP contribution is -2.41. The molecule has 25 heavy (non-hydrogen) atoms. The first kappa shape index (κ1) is 19.8. The van der Waals surface area contributed by atoms with Gasteiger partial charge in [0.05, 0.1) is 17.7 Å². The quantitative estimate of drug-likeness (QED) is 0.393. The molecule has 0 saturated carbocycles. The van der Waals surface area contributed by atoms with Gasteiger partial charge in [0.15, 0.2) is 0 Å². The first-order valence-electron chi connectivity index (χ1n) is 8.50. The second-order valence-corrected chi connectivity index (χ2v) is 8.44. The number of carbonyl (C=O) groups is 1. The Balaban J connectivity index is 2.00. The predicted octanol–water partition coefficient (Wildman–Crippen LogP) is 2.60. The van der Waals surface area contributed by atoms with Crippen LogP contribution in [0.15, 0.2) is 24.3 Å². The second-order valence-electron chi connectivity index (χ2n) is 8.44. The average molecular weight is 348 g/mol. The zero-order chi connectivity index (χ0) is 19.0. The van der Waals surface area contributed by atoms with Crippen LogP contribution in [0.3, 0.4) is 0 Å². The van der Waals surface area contributed by atoms with Crippen LogP contribution in [0.25, 0.3) is 0 Å². The first-order chi connectivity index (χ1) is 11.3. The van der Waals surface area contributed by atoms with Gasteiger partial charge >= 0.3 is 13.2 Å². The summed E-state index contributed by atoms with van der Waals surface area (Å²) in [6.07, 6.45) is -0.553. The van der Waals surface area contributed by atoms with E-state index in [4.69, 9.17) is 19.9 Å². The molecule has 0 radical (unpaired) electrons. The summed E-state index contributed by atoms with van der Waals surface area (Å²) in [4.78, 5) is 11.9. The molecule has 0 unspecified atom stereocenters. The molecule has 0 aliphatic carbocycles. The molecule has 1 aromatic rings. The highest BCUT2D eigenvalue weighted by atomic mass is 16.7. The van der Waals surface area contributed by atoms with Crippen LogP contribution < -0.4 is 11.3 Å². The van der Waals surface area contributed by atoms with Gasteiger partial charge < -0.3 is 14.0 Å². The van der Waals surface area contributed by atoms with Crippen molar-refractivity contribution in [3.63, 3.8) is 0 Å². The van der Waals surface area contributed by atoms with Gasteiger partial charge in [0.2, 0.25) is 0 Å². The SMILES string of the molecule is CC(C)(C)OC(=O)N(N)Cc1ccc(B2OC(C)(C)C(C)(C)O2)cc1. The monoisotopic (exact) mass is 348 g/mol. The number of nitrogens with zero attached hydrogens (tertiary/aromatic N) is 1. The van der Waals surface area contributed by atoms with Crippen LogP contribution in [0.1, 0.15) is 54.0 Å². The van der Waals surface area contributed by atoms with Crippen LogP contribution in [0.4, 0.5) is 4.79 Å². The summed E-state index contributed by atoms with van der Waals surface area (Å²) in [5.74, 6) is 5.80. The molecule has 1 fully saturated rings.